The Hall–Kier alpha value is -2.35. The molecule has 1 N–H and O–H groups in total. The van der Waals surface area contributed by atoms with Crippen LogP contribution in [0.2, 0.25) is 0 Å². The predicted molar refractivity (Wildman–Crippen MR) is 86.3 cm³/mol. The Kier molecular flexibility index (Phi) is 3.61. The van der Waals surface area contributed by atoms with Gasteiger partial charge in [-0.15, -0.1) is 0 Å². The van der Waals surface area contributed by atoms with Crippen LogP contribution < -0.4 is 21.5 Å². The lowest BCUT2D eigenvalue weighted by atomic mass is 10.4. The van der Waals surface area contributed by atoms with Crippen LogP contribution in [0.15, 0.2) is 15.7 Å². The fourth-order valence-electron chi connectivity index (χ4n) is 2.78. The Morgan fingerprint density at radius 1 is 1.14 bits per heavy atom. The summed E-state index contributed by atoms with van der Waals surface area (Å²) in [5, 5.41) is 3.29. The number of piperazine rings is 1. The average Bonchev–Trinajstić information content (AvgIpc) is 2.92. The van der Waals surface area contributed by atoms with E-state index in [9.17, 15) is 9.59 Å². The number of allylic oxidation sites excluding steroid dienone is 1. The molecule has 22 heavy (non-hydrogen) atoms. The molecule has 8 heteroatoms. The minimum absolute atomic E-state index is 0.329. The molecule has 0 aromatic carbocycles. The van der Waals surface area contributed by atoms with Crippen LogP contribution in [0.4, 0.5) is 5.95 Å². The van der Waals surface area contributed by atoms with Gasteiger partial charge in [0.05, 0.1) is 0 Å². The van der Waals surface area contributed by atoms with Crippen LogP contribution in [0.5, 0.6) is 0 Å². The van der Waals surface area contributed by atoms with Gasteiger partial charge in [0.1, 0.15) is 0 Å². The van der Waals surface area contributed by atoms with E-state index in [4.69, 9.17) is 0 Å². The van der Waals surface area contributed by atoms with Gasteiger partial charge >= 0.3 is 5.69 Å². The molecule has 0 bridgehead atoms. The second kappa shape index (κ2) is 5.45. The van der Waals surface area contributed by atoms with Crippen molar-refractivity contribution in [2.24, 2.45) is 14.1 Å². The lowest BCUT2D eigenvalue weighted by Crippen LogP contribution is -2.44. The Morgan fingerprint density at radius 3 is 2.45 bits per heavy atom. The van der Waals surface area contributed by atoms with Gasteiger partial charge in [0.25, 0.3) is 5.56 Å². The molecular weight excluding hydrogens is 284 g/mol. The van der Waals surface area contributed by atoms with Crippen LogP contribution >= 0.6 is 0 Å². The van der Waals surface area contributed by atoms with Crippen LogP contribution in [0.25, 0.3) is 17.4 Å². The number of rotatable bonds is 2. The Bertz CT molecular complexity index is 851. The van der Waals surface area contributed by atoms with E-state index < -0.39 is 0 Å². The van der Waals surface area contributed by atoms with Crippen molar-refractivity contribution >= 4 is 23.3 Å². The lowest BCUT2D eigenvalue weighted by Gasteiger charge is -2.28. The van der Waals surface area contributed by atoms with Gasteiger partial charge in [-0.2, -0.15) is 4.98 Å². The van der Waals surface area contributed by atoms with E-state index in [0.29, 0.717) is 17.1 Å². The van der Waals surface area contributed by atoms with Gasteiger partial charge in [-0.1, -0.05) is 6.08 Å². The fourth-order valence-corrected chi connectivity index (χ4v) is 2.78. The molecule has 0 aliphatic carbocycles. The first kappa shape index (κ1) is 14.6. The summed E-state index contributed by atoms with van der Waals surface area (Å²) in [6, 6.07) is 0. The van der Waals surface area contributed by atoms with E-state index in [-0.39, 0.29) is 11.2 Å². The molecule has 2 aromatic heterocycles. The molecule has 3 rings (SSSR count). The highest BCUT2D eigenvalue weighted by atomic mass is 16.2. The van der Waals surface area contributed by atoms with E-state index >= 15 is 0 Å². The molecule has 1 fully saturated rings. The SMILES string of the molecule is CC=Cn1c(N2CCNCC2)nc2c1c(=O)n(C)c(=O)n2C. The number of aromatic nitrogens is 4. The predicted octanol–water partition coefficient (Wildman–Crippen LogP) is -0.666. The molecular formula is C14H20N6O2. The smallest absolute Gasteiger partial charge is 0.332 e. The summed E-state index contributed by atoms with van der Waals surface area (Å²) >= 11 is 0. The molecule has 0 radical (unpaired) electrons. The van der Waals surface area contributed by atoms with Gasteiger partial charge in [0, 0.05) is 46.5 Å². The van der Waals surface area contributed by atoms with Crippen LogP contribution in [-0.4, -0.2) is 44.9 Å². The number of imidazole rings is 1. The Labute approximate surface area is 127 Å². The van der Waals surface area contributed by atoms with Gasteiger partial charge < -0.3 is 10.2 Å². The first-order valence-electron chi connectivity index (χ1n) is 7.32. The highest BCUT2D eigenvalue weighted by Gasteiger charge is 2.22. The van der Waals surface area contributed by atoms with Crippen molar-refractivity contribution in [3.63, 3.8) is 0 Å². The van der Waals surface area contributed by atoms with Gasteiger partial charge in [0.15, 0.2) is 11.2 Å². The molecule has 1 saturated heterocycles. The first-order chi connectivity index (χ1) is 10.6. The Balaban J connectivity index is 2.36. The third-order valence-corrected chi connectivity index (χ3v) is 3.97. The highest BCUT2D eigenvalue weighted by molar-refractivity contribution is 5.77. The maximum atomic E-state index is 12.5. The van der Waals surface area contributed by atoms with Crippen LogP contribution in [-0.2, 0) is 14.1 Å². The number of hydrogen-bond donors (Lipinski definition) is 1. The summed E-state index contributed by atoms with van der Waals surface area (Å²) in [6.45, 7) is 5.26. The summed E-state index contributed by atoms with van der Waals surface area (Å²) < 4.78 is 4.32. The van der Waals surface area contributed by atoms with Crippen molar-refractivity contribution in [3.05, 3.63) is 26.9 Å². The molecule has 1 aliphatic heterocycles. The second-order valence-corrected chi connectivity index (χ2v) is 5.38. The van der Waals surface area contributed by atoms with Crippen molar-refractivity contribution < 1.29 is 0 Å². The van der Waals surface area contributed by atoms with Gasteiger partial charge in [-0.25, -0.2) is 4.79 Å². The van der Waals surface area contributed by atoms with Crippen molar-refractivity contribution in [3.8, 4) is 0 Å². The Morgan fingerprint density at radius 2 is 1.82 bits per heavy atom. The van der Waals surface area contributed by atoms with E-state index in [0.717, 1.165) is 30.7 Å². The third kappa shape index (κ3) is 2.07. The zero-order valence-electron chi connectivity index (χ0n) is 13.0. The van der Waals surface area contributed by atoms with E-state index in [1.807, 2.05) is 19.2 Å². The molecule has 3 heterocycles. The van der Waals surface area contributed by atoms with Gasteiger partial charge in [0.2, 0.25) is 5.95 Å². The zero-order chi connectivity index (χ0) is 15.9. The molecule has 0 amide bonds. The van der Waals surface area contributed by atoms with Crippen molar-refractivity contribution in [1.29, 1.82) is 0 Å². The summed E-state index contributed by atoms with van der Waals surface area (Å²) in [6.07, 6.45) is 3.68. The normalized spacial score (nSPS) is 16.0. The standard InChI is InChI=1S/C14H20N6O2/c1-4-7-20-10-11(17(2)14(22)18(3)12(10)21)16-13(20)19-8-5-15-6-9-19/h4,7,15H,5-6,8-9H2,1-3H3. The largest absolute Gasteiger partial charge is 0.339 e. The van der Waals surface area contributed by atoms with Crippen LogP contribution in [0.1, 0.15) is 6.92 Å². The molecule has 8 nitrogen and oxygen atoms in total. The summed E-state index contributed by atoms with van der Waals surface area (Å²) in [5.74, 6) is 0.702. The maximum absolute atomic E-state index is 12.5. The minimum Gasteiger partial charge on any atom is -0.339 e. The van der Waals surface area contributed by atoms with Crippen LogP contribution in [0, 0.1) is 0 Å². The number of nitrogens with one attached hydrogen (secondary N) is 1. The van der Waals surface area contributed by atoms with Crippen molar-refractivity contribution in [2.75, 3.05) is 31.1 Å². The summed E-state index contributed by atoms with van der Waals surface area (Å²) in [4.78, 5) is 31.3. The van der Waals surface area contributed by atoms with E-state index in [2.05, 4.69) is 15.2 Å². The van der Waals surface area contributed by atoms with Crippen LogP contribution in [0.3, 0.4) is 0 Å². The highest BCUT2D eigenvalue weighted by Crippen LogP contribution is 2.20. The molecule has 0 atom stereocenters. The molecule has 0 saturated carbocycles. The second-order valence-electron chi connectivity index (χ2n) is 5.38. The summed E-state index contributed by atoms with van der Waals surface area (Å²) in [5.41, 5.74) is 0.149. The average molecular weight is 304 g/mol. The van der Waals surface area contributed by atoms with Gasteiger partial charge in [-0.05, 0) is 6.92 Å². The van der Waals surface area contributed by atoms with E-state index in [1.54, 1.807) is 11.6 Å². The van der Waals surface area contributed by atoms with Crippen molar-refractivity contribution in [2.45, 2.75) is 6.92 Å². The first-order valence-corrected chi connectivity index (χ1v) is 7.32. The quantitative estimate of drug-likeness (QED) is 0.796. The number of fused-ring (bicyclic) bond motifs is 1. The lowest BCUT2D eigenvalue weighted by molar-refractivity contribution is 0.579. The fraction of sp³-hybridized carbons (Fsp3) is 0.500. The minimum atomic E-state index is -0.366. The topological polar surface area (TPSA) is 77.1 Å². The third-order valence-electron chi connectivity index (χ3n) is 3.97. The number of nitrogens with zero attached hydrogens (tertiary/aromatic N) is 5. The molecule has 1 aliphatic rings. The molecule has 2 aromatic rings. The van der Waals surface area contributed by atoms with Gasteiger partial charge in [-0.3, -0.25) is 18.5 Å². The zero-order valence-corrected chi connectivity index (χ0v) is 13.0. The molecule has 0 unspecified atom stereocenters. The van der Waals surface area contributed by atoms with Crippen molar-refractivity contribution in [1.82, 2.24) is 24.0 Å². The molecule has 0 spiro atoms. The number of hydrogen-bond acceptors (Lipinski definition) is 5. The number of anilines is 1. The van der Waals surface area contributed by atoms with E-state index in [1.165, 1.54) is 11.6 Å². The number of aryl methyl sites for hydroxylation is 1. The monoisotopic (exact) mass is 304 g/mol. The summed E-state index contributed by atoms with van der Waals surface area (Å²) in [7, 11) is 3.13. The maximum Gasteiger partial charge on any atom is 0.332 e. The molecule has 118 valence electrons.